The van der Waals surface area contributed by atoms with Gasteiger partial charge < -0.3 is 10.6 Å². The van der Waals surface area contributed by atoms with Gasteiger partial charge >= 0.3 is 0 Å². The van der Waals surface area contributed by atoms with Gasteiger partial charge in [-0.25, -0.2) is 4.39 Å². The second-order valence-electron chi connectivity index (χ2n) is 4.89. The third-order valence-electron chi connectivity index (χ3n) is 3.09. The molecule has 0 fully saturated rings. The Bertz CT molecular complexity index is 409. The lowest BCUT2D eigenvalue weighted by molar-refractivity contribution is -0.121. The average Bonchev–Trinajstić information content (AvgIpc) is 2.37. The van der Waals surface area contributed by atoms with Crippen molar-refractivity contribution in [1.82, 2.24) is 10.6 Å². The first-order valence-electron chi connectivity index (χ1n) is 6.79. The van der Waals surface area contributed by atoms with Crippen molar-refractivity contribution in [1.29, 1.82) is 0 Å². The van der Waals surface area contributed by atoms with Gasteiger partial charge in [0, 0.05) is 19.0 Å². The molecule has 1 aromatic carbocycles. The van der Waals surface area contributed by atoms with E-state index in [0.717, 1.165) is 6.54 Å². The number of hydrogen-bond donors (Lipinski definition) is 2. The smallest absolute Gasteiger partial charge is 0.220 e. The largest absolute Gasteiger partial charge is 0.355 e. The number of likely N-dealkylation sites (N-methyl/N-ethyl adjacent to an activating group) is 1. The van der Waals surface area contributed by atoms with Crippen LogP contribution in [0.2, 0.25) is 0 Å². The summed E-state index contributed by atoms with van der Waals surface area (Å²) in [7, 11) is 0. The number of halogens is 1. The van der Waals surface area contributed by atoms with Gasteiger partial charge in [0.05, 0.1) is 0 Å². The molecule has 19 heavy (non-hydrogen) atoms. The molecular weight excluding hydrogens is 243 g/mol. The van der Waals surface area contributed by atoms with Gasteiger partial charge in [-0.1, -0.05) is 32.0 Å². The van der Waals surface area contributed by atoms with Crippen LogP contribution in [0.5, 0.6) is 0 Å². The minimum atomic E-state index is -0.246. The lowest BCUT2D eigenvalue weighted by atomic mass is 9.97. The van der Waals surface area contributed by atoms with Gasteiger partial charge in [-0.15, -0.1) is 0 Å². The van der Waals surface area contributed by atoms with Crippen LogP contribution in [0.4, 0.5) is 4.39 Å². The Morgan fingerprint density at radius 3 is 2.63 bits per heavy atom. The zero-order valence-corrected chi connectivity index (χ0v) is 11.9. The molecular formula is C15H23FN2O. The molecule has 0 spiro atoms. The van der Waals surface area contributed by atoms with Crippen LogP contribution >= 0.6 is 0 Å². The first-order valence-corrected chi connectivity index (χ1v) is 6.79. The number of hydrogen-bond acceptors (Lipinski definition) is 2. The van der Waals surface area contributed by atoms with E-state index >= 15 is 0 Å². The van der Waals surface area contributed by atoms with Crippen molar-refractivity contribution in [3.8, 4) is 0 Å². The van der Waals surface area contributed by atoms with Crippen molar-refractivity contribution in [3.63, 3.8) is 0 Å². The van der Waals surface area contributed by atoms with Gasteiger partial charge in [-0.05, 0) is 31.0 Å². The Labute approximate surface area is 114 Å². The monoisotopic (exact) mass is 266 g/mol. The third-order valence-corrected chi connectivity index (χ3v) is 3.09. The van der Waals surface area contributed by atoms with Crippen molar-refractivity contribution >= 4 is 5.91 Å². The van der Waals surface area contributed by atoms with E-state index in [9.17, 15) is 9.18 Å². The summed E-state index contributed by atoms with van der Waals surface area (Å²) in [5.41, 5.74) is 0.595. The summed E-state index contributed by atoms with van der Waals surface area (Å²) in [4.78, 5) is 11.8. The van der Waals surface area contributed by atoms with E-state index in [1.54, 1.807) is 18.2 Å². The van der Waals surface area contributed by atoms with E-state index in [1.165, 1.54) is 6.07 Å². The molecule has 3 nitrogen and oxygen atoms in total. The molecule has 0 aliphatic rings. The highest BCUT2D eigenvalue weighted by atomic mass is 19.1. The molecule has 0 bridgehead atoms. The Kier molecular flexibility index (Phi) is 6.50. The summed E-state index contributed by atoms with van der Waals surface area (Å²) in [5.74, 6) is -0.403. The zero-order valence-electron chi connectivity index (χ0n) is 11.9. The van der Waals surface area contributed by atoms with E-state index < -0.39 is 0 Å². The molecule has 2 N–H and O–H groups in total. The molecule has 0 saturated heterocycles. The van der Waals surface area contributed by atoms with Gasteiger partial charge in [0.15, 0.2) is 0 Å². The predicted molar refractivity (Wildman–Crippen MR) is 75.6 cm³/mol. The molecule has 1 aromatic rings. The van der Waals surface area contributed by atoms with Gasteiger partial charge in [0.1, 0.15) is 5.82 Å². The molecule has 0 aliphatic carbocycles. The molecule has 106 valence electrons. The van der Waals surface area contributed by atoms with Gasteiger partial charge in [-0.3, -0.25) is 4.79 Å². The van der Waals surface area contributed by atoms with Crippen LogP contribution < -0.4 is 10.6 Å². The van der Waals surface area contributed by atoms with Gasteiger partial charge in [0.25, 0.3) is 0 Å². The van der Waals surface area contributed by atoms with E-state index in [2.05, 4.69) is 10.6 Å². The molecule has 0 aromatic heterocycles. The minimum absolute atomic E-state index is 0.0412. The average molecular weight is 266 g/mol. The highest BCUT2D eigenvalue weighted by Crippen LogP contribution is 2.21. The molecule has 0 saturated carbocycles. The number of amides is 1. The highest BCUT2D eigenvalue weighted by Gasteiger charge is 2.14. The summed E-state index contributed by atoms with van der Waals surface area (Å²) in [6.07, 6.45) is 0.305. The van der Waals surface area contributed by atoms with Gasteiger partial charge in [0.2, 0.25) is 5.91 Å². The molecule has 0 radical (unpaired) electrons. The number of nitrogens with one attached hydrogen (secondary N) is 2. The molecule has 0 heterocycles. The maximum absolute atomic E-state index is 13.6. The highest BCUT2D eigenvalue weighted by molar-refractivity contribution is 5.76. The molecule has 0 aliphatic heterocycles. The minimum Gasteiger partial charge on any atom is -0.355 e. The van der Waals surface area contributed by atoms with Crippen LogP contribution in [0.3, 0.4) is 0 Å². The van der Waals surface area contributed by atoms with Crippen LogP contribution in [0.1, 0.15) is 38.7 Å². The molecule has 4 heteroatoms. The molecule has 1 unspecified atom stereocenters. The van der Waals surface area contributed by atoms with Crippen molar-refractivity contribution < 1.29 is 9.18 Å². The molecule has 1 amide bonds. The maximum Gasteiger partial charge on any atom is 0.220 e. The van der Waals surface area contributed by atoms with Crippen LogP contribution in [-0.2, 0) is 4.79 Å². The first kappa shape index (κ1) is 15.6. The second-order valence-corrected chi connectivity index (χ2v) is 4.89. The summed E-state index contributed by atoms with van der Waals surface area (Å²) in [6, 6.07) is 6.85. The SMILES string of the molecule is CCN[C@H](C)CNC(=O)CC(C)c1ccccc1F. The summed E-state index contributed by atoms with van der Waals surface area (Å²) >= 11 is 0. The summed E-state index contributed by atoms with van der Waals surface area (Å²) in [6.45, 7) is 7.38. The molecule has 2 atom stereocenters. The van der Waals surface area contributed by atoms with Crippen molar-refractivity contribution in [2.45, 2.75) is 39.2 Å². The van der Waals surface area contributed by atoms with E-state index in [1.807, 2.05) is 20.8 Å². The number of benzene rings is 1. The Balaban J connectivity index is 2.42. The fraction of sp³-hybridized carbons (Fsp3) is 0.533. The second kappa shape index (κ2) is 7.89. The first-order chi connectivity index (χ1) is 9.04. The maximum atomic E-state index is 13.6. The quantitative estimate of drug-likeness (QED) is 0.796. The topological polar surface area (TPSA) is 41.1 Å². The van der Waals surface area contributed by atoms with Crippen molar-refractivity contribution in [2.24, 2.45) is 0 Å². The Morgan fingerprint density at radius 1 is 1.32 bits per heavy atom. The fourth-order valence-electron chi connectivity index (χ4n) is 2.02. The lowest BCUT2D eigenvalue weighted by Crippen LogP contribution is -2.39. The van der Waals surface area contributed by atoms with Crippen LogP contribution in [0.15, 0.2) is 24.3 Å². The summed E-state index contributed by atoms with van der Waals surface area (Å²) < 4.78 is 13.6. The zero-order chi connectivity index (χ0) is 14.3. The number of rotatable bonds is 7. The molecule has 1 rings (SSSR count). The van der Waals surface area contributed by atoms with Gasteiger partial charge in [-0.2, -0.15) is 0 Å². The number of carbonyl (C=O) groups is 1. The van der Waals surface area contributed by atoms with Crippen LogP contribution in [0, 0.1) is 5.82 Å². The fourth-order valence-corrected chi connectivity index (χ4v) is 2.02. The van der Waals surface area contributed by atoms with E-state index in [-0.39, 0.29) is 23.7 Å². The normalized spacial score (nSPS) is 13.9. The summed E-state index contributed by atoms with van der Waals surface area (Å²) in [5, 5.41) is 6.08. The van der Waals surface area contributed by atoms with E-state index in [4.69, 9.17) is 0 Å². The Hall–Kier alpha value is -1.42. The predicted octanol–water partition coefficient (Wildman–Crippen LogP) is 2.43. The van der Waals surface area contributed by atoms with Crippen LogP contribution in [0.25, 0.3) is 0 Å². The van der Waals surface area contributed by atoms with Crippen molar-refractivity contribution in [2.75, 3.05) is 13.1 Å². The number of carbonyl (C=O) groups excluding carboxylic acids is 1. The van der Waals surface area contributed by atoms with E-state index in [0.29, 0.717) is 18.5 Å². The standard InChI is InChI=1S/C15H23FN2O/c1-4-17-12(3)10-18-15(19)9-11(2)13-7-5-6-8-14(13)16/h5-8,11-12,17H,4,9-10H2,1-3H3,(H,18,19)/t11?,12-/m1/s1. The van der Waals surface area contributed by atoms with Crippen molar-refractivity contribution in [3.05, 3.63) is 35.6 Å². The van der Waals surface area contributed by atoms with Crippen LogP contribution in [-0.4, -0.2) is 25.0 Å². The Morgan fingerprint density at radius 2 is 2.00 bits per heavy atom. The third kappa shape index (κ3) is 5.39. The lowest BCUT2D eigenvalue weighted by Gasteiger charge is -2.16.